The van der Waals surface area contributed by atoms with Crippen molar-refractivity contribution in [3.8, 4) is 16.3 Å². The third-order valence-corrected chi connectivity index (χ3v) is 4.82. The number of para-hydroxylation sites is 1. The van der Waals surface area contributed by atoms with Crippen LogP contribution in [-0.2, 0) is 4.79 Å². The monoisotopic (exact) mass is 351 g/mol. The highest BCUT2D eigenvalue weighted by Gasteiger charge is 2.13. The molecule has 0 saturated carbocycles. The molecular formula is C19H13NO4S. The summed E-state index contributed by atoms with van der Waals surface area (Å²) < 4.78 is 11.6. The molecule has 25 heavy (non-hydrogen) atoms. The second kappa shape index (κ2) is 6.14. The molecule has 2 aromatic carbocycles. The van der Waals surface area contributed by atoms with Crippen LogP contribution < -0.4 is 10.4 Å². The number of nitrogens with zero attached hydrogens (tertiary/aromatic N) is 1. The zero-order chi connectivity index (χ0) is 17.4. The van der Waals surface area contributed by atoms with E-state index in [2.05, 4.69) is 4.98 Å². The van der Waals surface area contributed by atoms with Crippen LogP contribution in [0.25, 0.3) is 31.8 Å². The topological polar surface area (TPSA) is 69.4 Å². The molecule has 0 spiro atoms. The predicted molar refractivity (Wildman–Crippen MR) is 97.0 cm³/mol. The van der Waals surface area contributed by atoms with E-state index in [9.17, 15) is 9.59 Å². The van der Waals surface area contributed by atoms with Gasteiger partial charge in [-0.15, -0.1) is 11.3 Å². The van der Waals surface area contributed by atoms with Gasteiger partial charge in [-0.1, -0.05) is 19.1 Å². The fourth-order valence-corrected chi connectivity index (χ4v) is 3.46. The zero-order valence-electron chi connectivity index (χ0n) is 13.3. The molecule has 0 aliphatic heterocycles. The lowest BCUT2D eigenvalue weighted by atomic mass is 10.2. The molecule has 4 rings (SSSR count). The Kier molecular flexibility index (Phi) is 3.82. The van der Waals surface area contributed by atoms with Crippen LogP contribution >= 0.6 is 11.3 Å². The van der Waals surface area contributed by atoms with Crippen molar-refractivity contribution < 1.29 is 13.9 Å². The van der Waals surface area contributed by atoms with E-state index in [1.807, 2.05) is 24.3 Å². The Morgan fingerprint density at radius 1 is 1.20 bits per heavy atom. The van der Waals surface area contributed by atoms with Gasteiger partial charge in [-0.05, 0) is 30.3 Å². The minimum Gasteiger partial charge on any atom is -0.426 e. The molecule has 0 atom stereocenters. The van der Waals surface area contributed by atoms with Crippen molar-refractivity contribution in [2.45, 2.75) is 13.3 Å². The molecule has 0 unspecified atom stereocenters. The lowest BCUT2D eigenvalue weighted by molar-refractivity contribution is -0.134. The van der Waals surface area contributed by atoms with Gasteiger partial charge in [0.2, 0.25) is 0 Å². The lowest BCUT2D eigenvalue weighted by Gasteiger charge is -2.04. The van der Waals surface area contributed by atoms with Gasteiger partial charge in [-0.25, -0.2) is 9.78 Å². The van der Waals surface area contributed by atoms with Crippen LogP contribution in [0.15, 0.2) is 57.7 Å². The van der Waals surface area contributed by atoms with Gasteiger partial charge in [0.05, 0.1) is 15.8 Å². The van der Waals surface area contributed by atoms with Gasteiger partial charge in [-0.2, -0.15) is 0 Å². The molecule has 0 fully saturated rings. The molecule has 2 heterocycles. The van der Waals surface area contributed by atoms with Gasteiger partial charge in [0.25, 0.3) is 0 Å². The Bertz CT molecular complexity index is 1130. The van der Waals surface area contributed by atoms with Gasteiger partial charge in [0.1, 0.15) is 16.3 Å². The van der Waals surface area contributed by atoms with Gasteiger partial charge in [0, 0.05) is 17.9 Å². The molecular weight excluding hydrogens is 338 g/mol. The van der Waals surface area contributed by atoms with Gasteiger partial charge >= 0.3 is 11.6 Å². The molecule has 0 saturated heterocycles. The van der Waals surface area contributed by atoms with Crippen molar-refractivity contribution in [1.29, 1.82) is 0 Å². The van der Waals surface area contributed by atoms with E-state index in [1.54, 1.807) is 31.2 Å². The molecule has 0 N–H and O–H groups in total. The fraction of sp³-hybridized carbons (Fsp3) is 0.105. The van der Waals surface area contributed by atoms with Crippen molar-refractivity contribution in [2.24, 2.45) is 0 Å². The summed E-state index contributed by atoms with van der Waals surface area (Å²) in [7, 11) is 0. The van der Waals surface area contributed by atoms with Crippen molar-refractivity contribution in [3.63, 3.8) is 0 Å². The first-order valence-corrected chi connectivity index (χ1v) is 8.60. The predicted octanol–water partition coefficient (Wildman–Crippen LogP) is 4.39. The minimum atomic E-state index is -0.467. The molecule has 0 amide bonds. The van der Waals surface area contributed by atoms with Crippen LogP contribution in [0.2, 0.25) is 0 Å². The van der Waals surface area contributed by atoms with Crippen LogP contribution in [0.1, 0.15) is 13.3 Å². The first-order chi connectivity index (χ1) is 12.1. The van der Waals surface area contributed by atoms with Crippen molar-refractivity contribution in [2.75, 3.05) is 0 Å². The number of carbonyl (C=O) groups excluding carboxylic acids is 1. The number of ether oxygens (including phenoxy) is 1. The number of fused-ring (bicyclic) bond motifs is 2. The second-order valence-electron chi connectivity index (χ2n) is 5.46. The lowest BCUT2D eigenvalue weighted by Crippen LogP contribution is -2.06. The Balaban J connectivity index is 1.80. The Labute approximate surface area is 146 Å². The first kappa shape index (κ1) is 15.5. The fourth-order valence-electron chi connectivity index (χ4n) is 2.50. The number of aromatic nitrogens is 1. The standard InChI is InChI=1S/C19H13NO4S/c1-2-17(21)23-12-8-7-11-9-13(19(22)24-15(11)10-12)18-20-14-5-3-4-6-16(14)25-18/h3-10H,2H2,1H3. The van der Waals surface area contributed by atoms with Crippen LogP contribution in [0.3, 0.4) is 0 Å². The van der Waals surface area contributed by atoms with E-state index in [0.717, 1.165) is 15.6 Å². The number of hydrogen-bond acceptors (Lipinski definition) is 6. The van der Waals surface area contributed by atoms with E-state index in [-0.39, 0.29) is 12.4 Å². The maximum Gasteiger partial charge on any atom is 0.346 e. The van der Waals surface area contributed by atoms with E-state index in [1.165, 1.54) is 11.3 Å². The van der Waals surface area contributed by atoms with Crippen LogP contribution in [0, 0.1) is 0 Å². The molecule has 4 aromatic rings. The summed E-state index contributed by atoms with van der Waals surface area (Å²) in [5, 5.41) is 1.36. The summed E-state index contributed by atoms with van der Waals surface area (Å²) in [6, 6.07) is 14.5. The van der Waals surface area contributed by atoms with E-state index >= 15 is 0 Å². The molecule has 5 nitrogen and oxygen atoms in total. The highest BCUT2D eigenvalue weighted by Crippen LogP contribution is 2.30. The third-order valence-electron chi connectivity index (χ3n) is 3.75. The summed E-state index contributed by atoms with van der Waals surface area (Å²) in [6.07, 6.45) is 0.276. The number of thiazole rings is 1. The Hall–Kier alpha value is -2.99. The van der Waals surface area contributed by atoms with Gasteiger partial charge < -0.3 is 9.15 Å². The summed E-state index contributed by atoms with van der Waals surface area (Å²) in [5.74, 6) is 0.0167. The van der Waals surface area contributed by atoms with Gasteiger partial charge in [0.15, 0.2) is 0 Å². The quantitative estimate of drug-likeness (QED) is 0.311. The summed E-state index contributed by atoms with van der Waals surface area (Å²) >= 11 is 1.45. The van der Waals surface area contributed by atoms with E-state index < -0.39 is 5.63 Å². The minimum absolute atomic E-state index is 0.276. The average Bonchev–Trinajstić information content (AvgIpc) is 3.04. The number of rotatable bonds is 3. The van der Waals surface area contributed by atoms with Crippen LogP contribution in [0.5, 0.6) is 5.75 Å². The SMILES string of the molecule is CCC(=O)Oc1ccc2cc(-c3nc4ccccc4s3)c(=O)oc2c1. The normalized spacial score (nSPS) is 11.1. The first-order valence-electron chi connectivity index (χ1n) is 7.78. The summed E-state index contributed by atoms with van der Waals surface area (Å²) in [5.41, 5.74) is 1.18. The zero-order valence-corrected chi connectivity index (χ0v) is 14.1. The van der Waals surface area contributed by atoms with E-state index in [4.69, 9.17) is 9.15 Å². The molecule has 0 aliphatic carbocycles. The molecule has 6 heteroatoms. The average molecular weight is 351 g/mol. The maximum absolute atomic E-state index is 12.4. The summed E-state index contributed by atoms with van der Waals surface area (Å²) in [4.78, 5) is 28.3. The smallest absolute Gasteiger partial charge is 0.346 e. The molecule has 0 aliphatic rings. The Morgan fingerprint density at radius 2 is 2.04 bits per heavy atom. The molecule has 0 radical (unpaired) electrons. The van der Waals surface area contributed by atoms with Crippen molar-refractivity contribution in [1.82, 2.24) is 4.98 Å². The second-order valence-corrected chi connectivity index (χ2v) is 6.49. The molecule has 124 valence electrons. The molecule has 2 aromatic heterocycles. The third kappa shape index (κ3) is 2.92. The number of carbonyl (C=O) groups is 1. The number of esters is 1. The highest BCUT2D eigenvalue weighted by molar-refractivity contribution is 7.21. The largest absolute Gasteiger partial charge is 0.426 e. The van der Waals surface area contributed by atoms with E-state index in [0.29, 0.717) is 21.9 Å². The van der Waals surface area contributed by atoms with Crippen LogP contribution in [-0.4, -0.2) is 11.0 Å². The summed E-state index contributed by atoms with van der Waals surface area (Å²) in [6.45, 7) is 1.72. The number of hydrogen-bond donors (Lipinski definition) is 0. The maximum atomic E-state index is 12.4. The van der Waals surface area contributed by atoms with Crippen LogP contribution in [0.4, 0.5) is 0 Å². The highest BCUT2D eigenvalue weighted by atomic mass is 32.1. The Morgan fingerprint density at radius 3 is 2.84 bits per heavy atom. The van der Waals surface area contributed by atoms with Gasteiger partial charge in [-0.3, -0.25) is 4.79 Å². The van der Waals surface area contributed by atoms with Crippen molar-refractivity contribution >= 4 is 38.5 Å². The molecule has 0 bridgehead atoms. The van der Waals surface area contributed by atoms with Crippen molar-refractivity contribution in [3.05, 3.63) is 59.0 Å². The number of benzene rings is 2.